The number of nitrogens with zero attached hydrogens (tertiary/aromatic N) is 3. The number of benzene rings is 2. The van der Waals surface area contributed by atoms with Crippen molar-refractivity contribution in [3.05, 3.63) is 75.7 Å². The molecule has 1 amide bonds. The summed E-state index contributed by atoms with van der Waals surface area (Å²) in [5.74, 6) is -1.68. The summed E-state index contributed by atoms with van der Waals surface area (Å²) in [6, 6.07) is 10.0. The Bertz CT molecular complexity index is 1090. The second kappa shape index (κ2) is 7.88. The van der Waals surface area contributed by atoms with Crippen LogP contribution in [0.1, 0.15) is 29.9 Å². The van der Waals surface area contributed by atoms with Gasteiger partial charge in [0.1, 0.15) is 11.6 Å². The molecular formula is C21H21F2N3O2. The van der Waals surface area contributed by atoms with Crippen molar-refractivity contribution < 1.29 is 13.6 Å². The van der Waals surface area contributed by atoms with Crippen LogP contribution in [-0.2, 0) is 13.1 Å². The van der Waals surface area contributed by atoms with Gasteiger partial charge in [0.15, 0.2) is 5.69 Å². The van der Waals surface area contributed by atoms with Crippen molar-refractivity contribution >= 4 is 16.7 Å². The van der Waals surface area contributed by atoms with E-state index in [1.807, 2.05) is 13.8 Å². The summed E-state index contributed by atoms with van der Waals surface area (Å²) < 4.78 is 28.4. The number of aromatic nitrogens is 2. The van der Waals surface area contributed by atoms with Gasteiger partial charge in [-0.05, 0) is 18.1 Å². The van der Waals surface area contributed by atoms with Gasteiger partial charge in [0.25, 0.3) is 11.5 Å². The first-order valence-corrected chi connectivity index (χ1v) is 8.97. The van der Waals surface area contributed by atoms with Crippen LogP contribution >= 0.6 is 0 Å². The van der Waals surface area contributed by atoms with Crippen LogP contribution in [0.4, 0.5) is 8.78 Å². The zero-order chi connectivity index (χ0) is 20.4. The van der Waals surface area contributed by atoms with Gasteiger partial charge in [0, 0.05) is 37.2 Å². The molecule has 7 heteroatoms. The van der Waals surface area contributed by atoms with E-state index in [4.69, 9.17) is 0 Å². The summed E-state index contributed by atoms with van der Waals surface area (Å²) in [6.07, 6.45) is 0. The Hall–Kier alpha value is -3.09. The van der Waals surface area contributed by atoms with Gasteiger partial charge < -0.3 is 4.90 Å². The maximum absolute atomic E-state index is 14.0. The molecule has 0 saturated carbocycles. The van der Waals surface area contributed by atoms with E-state index in [9.17, 15) is 18.4 Å². The fraction of sp³-hybridized carbons (Fsp3) is 0.286. The molecule has 3 aromatic rings. The average Bonchev–Trinajstić information content (AvgIpc) is 2.65. The molecule has 2 aromatic carbocycles. The zero-order valence-corrected chi connectivity index (χ0v) is 15.9. The van der Waals surface area contributed by atoms with Gasteiger partial charge in [0.2, 0.25) is 0 Å². The van der Waals surface area contributed by atoms with Gasteiger partial charge in [-0.1, -0.05) is 38.1 Å². The lowest BCUT2D eigenvalue weighted by Gasteiger charge is -2.19. The summed E-state index contributed by atoms with van der Waals surface area (Å²) in [5, 5.41) is 5.15. The van der Waals surface area contributed by atoms with Gasteiger partial charge in [0.05, 0.1) is 5.39 Å². The Morgan fingerprint density at radius 2 is 1.82 bits per heavy atom. The number of amides is 1. The maximum atomic E-state index is 14.0. The lowest BCUT2D eigenvalue weighted by atomic mass is 10.1. The highest BCUT2D eigenvalue weighted by atomic mass is 19.1. The first kappa shape index (κ1) is 19.7. The number of carbonyl (C=O) groups is 1. The molecule has 0 fully saturated rings. The summed E-state index contributed by atoms with van der Waals surface area (Å²) in [5.41, 5.74) is 0.0611. The predicted molar refractivity (Wildman–Crippen MR) is 103 cm³/mol. The third kappa shape index (κ3) is 3.93. The molecule has 5 nitrogen and oxygen atoms in total. The lowest BCUT2D eigenvalue weighted by Crippen LogP contribution is -2.32. The largest absolute Gasteiger partial charge is 0.336 e. The fourth-order valence-electron chi connectivity index (χ4n) is 3.02. The van der Waals surface area contributed by atoms with E-state index in [1.54, 1.807) is 24.3 Å². The molecule has 0 spiro atoms. The second-order valence-corrected chi connectivity index (χ2v) is 7.17. The predicted octanol–water partition coefficient (Wildman–Crippen LogP) is 3.60. The monoisotopic (exact) mass is 385 g/mol. The van der Waals surface area contributed by atoms with Crippen molar-refractivity contribution in [2.45, 2.75) is 26.9 Å². The highest BCUT2D eigenvalue weighted by Crippen LogP contribution is 2.17. The highest BCUT2D eigenvalue weighted by Gasteiger charge is 2.21. The topological polar surface area (TPSA) is 55.2 Å². The number of carbonyl (C=O) groups excluding carboxylic acids is 1. The van der Waals surface area contributed by atoms with Crippen molar-refractivity contribution in [3.63, 3.8) is 0 Å². The van der Waals surface area contributed by atoms with Crippen molar-refractivity contribution in [2.24, 2.45) is 5.92 Å². The van der Waals surface area contributed by atoms with Crippen LogP contribution in [0.2, 0.25) is 0 Å². The molecule has 0 unspecified atom stereocenters. The molecule has 0 bridgehead atoms. The SMILES string of the molecule is CC(C)Cn1nc(C(=O)N(C)Cc2ccc(F)cc2F)c2ccccc2c1=O. The summed E-state index contributed by atoms with van der Waals surface area (Å²) in [6.45, 7) is 4.23. The smallest absolute Gasteiger partial charge is 0.274 e. The molecule has 0 aliphatic rings. The Morgan fingerprint density at radius 1 is 1.14 bits per heavy atom. The van der Waals surface area contributed by atoms with E-state index in [0.29, 0.717) is 17.3 Å². The molecule has 3 rings (SSSR count). The molecular weight excluding hydrogens is 364 g/mol. The molecule has 0 aliphatic carbocycles. The minimum absolute atomic E-state index is 0.0513. The van der Waals surface area contributed by atoms with Crippen molar-refractivity contribution in [1.29, 1.82) is 0 Å². The van der Waals surface area contributed by atoms with E-state index in [0.717, 1.165) is 12.1 Å². The Balaban J connectivity index is 2.02. The minimum Gasteiger partial charge on any atom is -0.336 e. The average molecular weight is 385 g/mol. The first-order valence-electron chi connectivity index (χ1n) is 8.97. The van der Waals surface area contributed by atoms with Crippen LogP contribution in [-0.4, -0.2) is 27.6 Å². The number of rotatable bonds is 5. The molecule has 0 N–H and O–H groups in total. The maximum Gasteiger partial charge on any atom is 0.274 e. The van der Waals surface area contributed by atoms with Crippen molar-refractivity contribution in [2.75, 3.05) is 7.05 Å². The van der Waals surface area contributed by atoms with E-state index >= 15 is 0 Å². The van der Waals surface area contributed by atoms with Crippen LogP contribution in [0, 0.1) is 17.6 Å². The van der Waals surface area contributed by atoms with Crippen molar-refractivity contribution in [3.8, 4) is 0 Å². The Kier molecular flexibility index (Phi) is 5.53. The molecule has 0 atom stereocenters. The number of halogens is 2. The first-order chi connectivity index (χ1) is 13.3. The van der Waals surface area contributed by atoms with Gasteiger partial charge in [-0.3, -0.25) is 9.59 Å². The van der Waals surface area contributed by atoms with Crippen LogP contribution in [0.3, 0.4) is 0 Å². The minimum atomic E-state index is -0.720. The van der Waals surface area contributed by atoms with Crippen LogP contribution < -0.4 is 5.56 Å². The third-order valence-electron chi connectivity index (χ3n) is 4.38. The molecule has 1 heterocycles. The Morgan fingerprint density at radius 3 is 2.46 bits per heavy atom. The van der Waals surface area contributed by atoms with Crippen LogP contribution in [0.25, 0.3) is 10.8 Å². The third-order valence-corrected chi connectivity index (χ3v) is 4.38. The molecule has 1 aromatic heterocycles. The molecule has 28 heavy (non-hydrogen) atoms. The Labute approximate surface area is 161 Å². The highest BCUT2D eigenvalue weighted by molar-refractivity contribution is 6.04. The quantitative estimate of drug-likeness (QED) is 0.674. The molecule has 0 aliphatic heterocycles. The van der Waals surface area contributed by atoms with Crippen LogP contribution in [0.5, 0.6) is 0 Å². The second-order valence-electron chi connectivity index (χ2n) is 7.17. The van der Waals surface area contributed by atoms with E-state index in [2.05, 4.69) is 5.10 Å². The van der Waals surface area contributed by atoms with Gasteiger partial charge in [-0.25, -0.2) is 13.5 Å². The lowest BCUT2D eigenvalue weighted by molar-refractivity contribution is 0.0777. The molecule has 146 valence electrons. The standard InChI is InChI=1S/C21H21F2N3O2/c1-13(2)11-26-20(27)17-7-5-4-6-16(17)19(24-26)21(28)25(3)12-14-8-9-15(22)10-18(14)23/h4-10,13H,11-12H2,1-3H3. The number of hydrogen-bond acceptors (Lipinski definition) is 3. The van der Waals surface area contributed by atoms with Gasteiger partial charge >= 0.3 is 0 Å². The van der Waals surface area contributed by atoms with Crippen molar-refractivity contribution in [1.82, 2.24) is 14.7 Å². The molecule has 0 saturated heterocycles. The molecule has 0 radical (unpaired) electrons. The normalized spacial score (nSPS) is 11.2. The summed E-state index contributed by atoms with van der Waals surface area (Å²) in [4.78, 5) is 27.0. The van der Waals surface area contributed by atoms with Crippen LogP contribution in [0.15, 0.2) is 47.3 Å². The zero-order valence-electron chi connectivity index (χ0n) is 15.9. The van der Waals surface area contributed by atoms with Gasteiger partial charge in [-0.2, -0.15) is 5.10 Å². The fourth-order valence-corrected chi connectivity index (χ4v) is 3.02. The van der Waals surface area contributed by atoms with Gasteiger partial charge in [-0.15, -0.1) is 0 Å². The summed E-state index contributed by atoms with van der Waals surface area (Å²) >= 11 is 0. The van der Waals surface area contributed by atoms with E-state index < -0.39 is 17.5 Å². The number of fused-ring (bicyclic) bond motifs is 1. The summed E-state index contributed by atoms with van der Waals surface area (Å²) in [7, 11) is 1.51. The number of hydrogen-bond donors (Lipinski definition) is 0. The van der Waals surface area contributed by atoms with E-state index in [-0.39, 0.29) is 29.3 Å². The van der Waals surface area contributed by atoms with E-state index in [1.165, 1.54) is 22.7 Å².